The fourth-order valence-electron chi connectivity index (χ4n) is 1.23. The quantitative estimate of drug-likeness (QED) is 0.685. The second-order valence-corrected chi connectivity index (χ2v) is 3.13. The molecule has 2 atom stereocenters. The van der Waals surface area contributed by atoms with Crippen LogP contribution in [0.1, 0.15) is 18.5 Å². The molecule has 3 N–H and O–H groups in total. The molecule has 1 aromatic heterocycles. The van der Waals surface area contributed by atoms with Crippen LogP contribution in [0.4, 0.5) is 0 Å². The maximum Gasteiger partial charge on any atom is 0.0663 e. The van der Waals surface area contributed by atoms with Crippen molar-refractivity contribution in [3.05, 3.63) is 30.1 Å². The third kappa shape index (κ3) is 2.84. The van der Waals surface area contributed by atoms with Gasteiger partial charge in [0.1, 0.15) is 0 Å². The SMILES string of the molecule is C#CC(C)NC(CN)c1cccnc1. The summed E-state index contributed by atoms with van der Waals surface area (Å²) in [5, 5.41) is 3.23. The van der Waals surface area contributed by atoms with Crippen LogP contribution in [-0.4, -0.2) is 17.6 Å². The molecule has 74 valence electrons. The first-order valence-corrected chi connectivity index (χ1v) is 4.60. The van der Waals surface area contributed by atoms with E-state index < -0.39 is 0 Å². The third-order valence-electron chi connectivity index (χ3n) is 2.02. The summed E-state index contributed by atoms with van der Waals surface area (Å²) in [5.41, 5.74) is 6.72. The summed E-state index contributed by atoms with van der Waals surface area (Å²) < 4.78 is 0. The molecule has 0 aromatic carbocycles. The number of nitrogens with zero attached hydrogens (tertiary/aromatic N) is 1. The van der Waals surface area contributed by atoms with Crippen molar-refractivity contribution in [1.82, 2.24) is 10.3 Å². The largest absolute Gasteiger partial charge is 0.329 e. The van der Waals surface area contributed by atoms with E-state index in [-0.39, 0.29) is 12.1 Å². The zero-order valence-corrected chi connectivity index (χ0v) is 8.27. The minimum absolute atomic E-state index is 0.0174. The molecule has 0 radical (unpaired) electrons. The van der Waals surface area contributed by atoms with Crippen LogP contribution in [-0.2, 0) is 0 Å². The van der Waals surface area contributed by atoms with Crippen molar-refractivity contribution < 1.29 is 0 Å². The lowest BCUT2D eigenvalue weighted by Gasteiger charge is -2.18. The minimum atomic E-state index is 0.0174. The molecule has 1 aromatic rings. The number of hydrogen-bond acceptors (Lipinski definition) is 3. The highest BCUT2D eigenvalue weighted by molar-refractivity contribution is 5.15. The highest BCUT2D eigenvalue weighted by Crippen LogP contribution is 2.09. The fraction of sp³-hybridized carbons (Fsp3) is 0.364. The Labute approximate surface area is 84.7 Å². The van der Waals surface area contributed by atoms with E-state index in [9.17, 15) is 0 Å². The molecule has 3 heteroatoms. The summed E-state index contributed by atoms with van der Waals surface area (Å²) in [7, 11) is 0. The Morgan fingerprint density at radius 1 is 1.71 bits per heavy atom. The molecule has 3 nitrogen and oxygen atoms in total. The average Bonchev–Trinajstić information content (AvgIpc) is 2.26. The summed E-state index contributed by atoms with van der Waals surface area (Å²) >= 11 is 0. The predicted molar refractivity (Wildman–Crippen MR) is 57.5 cm³/mol. The topological polar surface area (TPSA) is 50.9 Å². The second kappa shape index (κ2) is 5.38. The number of nitrogens with two attached hydrogens (primary N) is 1. The lowest BCUT2D eigenvalue weighted by Crippen LogP contribution is -2.34. The first kappa shape index (κ1) is 10.7. The molecule has 0 aliphatic carbocycles. The molecule has 14 heavy (non-hydrogen) atoms. The minimum Gasteiger partial charge on any atom is -0.329 e. The first-order valence-electron chi connectivity index (χ1n) is 4.60. The Hall–Kier alpha value is -1.37. The normalized spacial score (nSPS) is 14.4. The zero-order valence-electron chi connectivity index (χ0n) is 8.27. The zero-order chi connectivity index (χ0) is 10.4. The third-order valence-corrected chi connectivity index (χ3v) is 2.02. The molecule has 0 saturated carbocycles. The highest BCUT2D eigenvalue weighted by Gasteiger charge is 2.10. The lowest BCUT2D eigenvalue weighted by molar-refractivity contribution is 0.517. The van der Waals surface area contributed by atoms with Crippen LogP contribution in [0.25, 0.3) is 0 Å². The van der Waals surface area contributed by atoms with Gasteiger partial charge >= 0.3 is 0 Å². The van der Waals surface area contributed by atoms with E-state index in [1.807, 2.05) is 19.1 Å². The van der Waals surface area contributed by atoms with E-state index in [2.05, 4.69) is 16.2 Å². The second-order valence-electron chi connectivity index (χ2n) is 3.13. The van der Waals surface area contributed by atoms with Crippen LogP contribution in [0.15, 0.2) is 24.5 Å². The van der Waals surface area contributed by atoms with Gasteiger partial charge < -0.3 is 5.73 Å². The van der Waals surface area contributed by atoms with E-state index in [1.54, 1.807) is 12.4 Å². The molecule has 0 aliphatic rings. The van der Waals surface area contributed by atoms with Gasteiger partial charge in [-0.15, -0.1) is 6.42 Å². The lowest BCUT2D eigenvalue weighted by atomic mass is 10.1. The van der Waals surface area contributed by atoms with Gasteiger partial charge in [0.2, 0.25) is 0 Å². The Kier molecular flexibility index (Phi) is 4.11. The average molecular weight is 189 g/mol. The van der Waals surface area contributed by atoms with Gasteiger partial charge in [-0.1, -0.05) is 12.0 Å². The van der Waals surface area contributed by atoms with Crippen molar-refractivity contribution in [3.8, 4) is 12.3 Å². The van der Waals surface area contributed by atoms with Gasteiger partial charge in [0.15, 0.2) is 0 Å². The molecule has 0 fully saturated rings. The maximum absolute atomic E-state index is 5.65. The highest BCUT2D eigenvalue weighted by atomic mass is 15.0. The molecule has 1 rings (SSSR count). The van der Waals surface area contributed by atoms with Gasteiger partial charge in [-0.25, -0.2) is 0 Å². The molecule has 0 bridgehead atoms. The number of nitrogens with one attached hydrogen (secondary N) is 1. The van der Waals surface area contributed by atoms with Crippen molar-refractivity contribution in [1.29, 1.82) is 0 Å². The van der Waals surface area contributed by atoms with Crippen LogP contribution in [0, 0.1) is 12.3 Å². The molecular weight excluding hydrogens is 174 g/mol. The molecule has 0 amide bonds. The molecule has 0 saturated heterocycles. The van der Waals surface area contributed by atoms with Gasteiger partial charge in [-0.05, 0) is 18.6 Å². The summed E-state index contributed by atoms with van der Waals surface area (Å²) in [4.78, 5) is 4.04. The first-order chi connectivity index (χ1) is 6.77. The molecule has 0 spiro atoms. The maximum atomic E-state index is 5.65. The molecule has 1 heterocycles. The summed E-state index contributed by atoms with van der Waals surface area (Å²) in [6.07, 6.45) is 8.82. The Balaban J connectivity index is 2.69. The predicted octanol–water partition coefficient (Wildman–Crippen LogP) is 0.693. The van der Waals surface area contributed by atoms with Gasteiger partial charge in [-0.3, -0.25) is 10.3 Å². The van der Waals surface area contributed by atoms with Crippen LogP contribution < -0.4 is 11.1 Å². The van der Waals surface area contributed by atoms with Crippen molar-refractivity contribution >= 4 is 0 Å². The van der Waals surface area contributed by atoms with E-state index in [1.165, 1.54) is 0 Å². The van der Waals surface area contributed by atoms with Crippen molar-refractivity contribution in [3.63, 3.8) is 0 Å². The number of hydrogen-bond donors (Lipinski definition) is 2. The van der Waals surface area contributed by atoms with Gasteiger partial charge in [0.05, 0.1) is 6.04 Å². The van der Waals surface area contributed by atoms with Crippen molar-refractivity contribution in [2.24, 2.45) is 5.73 Å². The summed E-state index contributed by atoms with van der Waals surface area (Å²) in [6.45, 7) is 2.44. The summed E-state index contributed by atoms with van der Waals surface area (Å²) in [6, 6.07) is 3.97. The molecular formula is C11H15N3. The van der Waals surface area contributed by atoms with Gasteiger partial charge in [0.25, 0.3) is 0 Å². The monoisotopic (exact) mass is 189 g/mol. The van der Waals surface area contributed by atoms with Crippen LogP contribution in [0.3, 0.4) is 0 Å². The van der Waals surface area contributed by atoms with Crippen molar-refractivity contribution in [2.45, 2.75) is 19.0 Å². The smallest absolute Gasteiger partial charge is 0.0663 e. The van der Waals surface area contributed by atoms with E-state index in [0.29, 0.717) is 6.54 Å². The van der Waals surface area contributed by atoms with E-state index in [4.69, 9.17) is 12.2 Å². The number of rotatable bonds is 4. The Morgan fingerprint density at radius 2 is 2.50 bits per heavy atom. The molecule has 0 aliphatic heterocycles. The van der Waals surface area contributed by atoms with Gasteiger partial charge in [-0.2, -0.15) is 0 Å². The number of terminal acetylenes is 1. The van der Waals surface area contributed by atoms with Crippen molar-refractivity contribution in [2.75, 3.05) is 6.54 Å². The standard InChI is InChI=1S/C11H15N3/c1-3-9(2)14-11(7-12)10-5-4-6-13-8-10/h1,4-6,8-9,11,14H,7,12H2,2H3. The van der Waals surface area contributed by atoms with E-state index >= 15 is 0 Å². The number of pyridine rings is 1. The summed E-state index contributed by atoms with van der Waals surface area (Å²) in [5.74, 6) is 2.61. The van der Waals surface area contributed by atoms with Crippen LogP contribution in [0.5, 0.6) is 0 Å². The van der Waals surface area contributed by atoms with E-state index in [0.717, 1.165) is 5.56 Å². The number of aromatic nitrogens is 1. The molecule has 2 unspecified atom stereocenters. The van der Waals surface area contributed by atoms with Crippen LogP contribution in [0.2, 0.25) is 0 Å². The van der Waals surface area contributed by atoms with Crippen LogP contribution >= 0.6 is 0 Å². The van der Waals surface area contributed by atoms with Gasteiger partial charge in [0, 0.05) is 25.0 Å². The Morgan fingerprint density at radius 3 is 3.00 bits per heavy atom. The fourth-order valence-corrected chi connectivity index (χ4v) is 1.23. The Bertz CT molecular complexity index is 302.